The maximum absolute atomic E-state index is 13.9. The highest BCUT2D eigenvalue weighted by Crippen LogP contribution is 2.06. The molecule has 0 saturated carbocycles. The first-order valence-electron chi connectivity index (χ1n) is 17.0. The molecule has 0 bridgehead atoms. The molecule has 22 heteroatoms. The minimum absolute atomic E-state index is 0.0667. The van der Waals surface area contributed by atoms with Crippen molar-refractivity contribution in [3.05, 3.63) is 54.1 Å². The van der Waals surface area contributed by atoms with Crippen LogP contribution >= 0.6 is 0 Å². The van der Waals surface area contributed by atoms with Crippen LogP contribution in [-0.2, 0) is 60.8 Å². The summed E-state index contributed by atoms with van der Waals surface area (Å²) in [6, 6.07) is 2.89. The molecule has 0 spiro atoms. The van der Waals surface area contributed by atoms with Gasteiger partial charge in [0.1, 0.15) is 24.2 Å². The predicted octanol–water partition coefficient (Wildman–Crippen LogP) is -5.99. The molecule has 0 radical (unpaired) electrons. The van der Waals surface area contributed by atoms with Crippen LogP contribution in [0, 0.1) is 0 Å². The smallest absolute Gasteiger partial charge is 0.245 e. The Balaban J connectivity index is 1.95. The van der Waals surface area contributed by atoms with Gasteiger partial charge in [0, 0.05) is 57.6 Å². The molecule has 1 aliphatic rings. The number of primary amides is 1. The third-order valence-corrected chi connectivity index (χ3v) is 7.77. The number of nitrogens with zero attached hydrogens (tertiary/aromatic N) is 1. The summed E-state index contributed by atoms with van der Waals surface area (Å²) in [6.07, 6.45) is 1.68. The van der Waals surface area contributed by atoms with Crippen LogP contribution < -0.4 is 53.6 Å². The number of nitrogens with one attached hydrogen (secondary N) is 10. The third-order valence-electron chi connectivity index (χ3n) is 7.77. The molecule has 1 aromatic carbocycles. The summed E-state index contributed by atoms with van der Waals surface area (Å²) < 4.78 is 0. The number of nitrogens with two attached hydrogens (primary N) is 1. The summed E-state index contributed by atoms with van der Waals surface area (Å²) in [5.41, 5.74) is 6.12. The number of carbonyl (C=O) groups excluding carboxylic acids is 10. The first-order valence-corrected chi connectivity index (χ1v) is 17.0. The van der Waals surface area contributed by atoms with Crippen molar-refractivity contribution in [2.75, 3.05) is 32.7 Å². The van der Waals surface area contributed by atoms with Crippen LogP contribution in [0.2, 0.25) is 0 Å². The van der Waals surface area contributed by atoms with E-state index in [0.717, 1.165) is 0 Å². The molecule has 1 aromatic heterocycles. The van der Waals surface area contributed by atoms with Gasteiger partial charge in [-0.15, -0.1) is 0 Å². The van der Waals surface area contributed by atoms with E-state index >= 15 is 0 Å². The molecule has 2 heterocycles. The number of rotatable bonds is 10. The van der Waals surface area contributed by atoms with Gasteiger partial charge in [0.2, 0.25) is 59.1 Å². The standard InChI is InChI=1S/C33H44N12O10/c1-18(46)36-15-28(50)43-24-13-38-27(49)8-7-26(48)37-12-23(31(53)39-14-25(34)47)42-29(51)16-40-30(52)21(9-19-5-3-2-4-6-19)44-32(54)22(45-33(24)55)10-20-11-35-17-41-20/h2-6,11,17,21-24H,7-10,12-16H2,1H3,(H2,34,47)(H,35,41)(H,36,46)(H,37,48)(H,38,49)(H,39,53)(H,40,52)(H,42,51)(H,43,50)(H,44,54)(H,45,55)/t21-,22+,23+,24+/m1/s1. The Morgan fingerprint density at radius 3 is 2.05 bits per heavy atom. The van der Waals surface area contributed by atoms with Crippen LogP contribution in [0.1, 0.15) is 31.0 Å². The van der Waals surface area contributed by atoms with E-state index in [1.54, 1.807) is 30.3 Å². The summed E-state index contributed by atoms with van der Waals surface area (Å²) in [6.45, 7) is -1.61. The van der Waals surface area contributed by atoms with Crippen LogP contribution in [0.4, 0.5) is 0 Å². The van der Waals surface area contributed by atoms with Gasteiger partial charge in [-0.2, -0.15) is 0 Å². The Morgan fingerprint density at radius 2 is 1.42 bits per heavy atom. The van der Waals surface area contributed by atoms with Crippen LogP contribution in [0.25, 0.3) is 0 Å². The molecule has 4 atom stereocenters. The monoisotopic (exact) mass is 768 g/mol. The Labute approximate surface area is 314 Å². The summed E-state index contributed by atoms with van der Waals surface area (Å²) >= 11 is 0. The quantitative estimate of drug-likeness (QED) is 0.108. The number of carbonyl (C=O) groups is 10. The van der Waals surface area contributed by atoms with Crippen LogP contribution in [0.5, 0.6) is 0 Å². The second-order valence-electron chi connectivity index (χ2n) is 12.3. The van der Waals surface area contributed by atoms with Crippen LogP contribution in [0.3, 0.4) is 0 Å². The van der Waals surface area contributed by atoms with E-state index in [0.29, 0.717) is 11.3 Å². The minimum atomic E-state index is -1.50. The van der Waals surface area contributed by atoms with Gasteiger partial charge in [-0.3, -0.25) is 47.9 Å². The maximum Gasteiger partial charge on any atom is 0.245 e. The number of imidazole rings is 1. The fraction of sp³-hybridized carbons (Fsp3) is 0.424. The lowest BCUT2D eigenvalue weighted by molar-refractivity contribution is -0.134. The summed E-state index contributed by atoms with van der Waals surface area (Å²) in [5.74, 6) is -8.03. The molecule has 0 aliphatic carbocycles. The van der Waals surface area contributed by atoms with Crippen LogP contribution in [0.15, 0.2) is 42.9 Å². The zero-order valence-corrected chi connectivity index (χ0v) is 29.8. The summed E-state index contributed by atoms with van der Waals surface area (Å²) in [5, 5.41) is 21.6. The number of hydrogen-bond donors (Lipinski definition) is 11. The van der Waals surface area contributed by atoms with E-state index in [9.17, 15) is 47.9 Å². The van der Waals surface area contributed by atoms with E-state index in [2.05, 4.69) is 57.8 Å². The molecule has 10 amide bonds. The Morgan fingerprint density at radius 1 is 0.764 bits per heavy atom. The number of aromatic nitrogens is 2. The van der Waals surface area contributed by atoms with E-state index in [-0.39, 0.29) is 12.8 Å². The van der Waals surface area contributed by atoms with Gasteiger partial charge in [0.25, 0.3) is 0 Å². The van der Waals surface area contributed by atoms with E-state index in [4.69, 9.17) is 5.73 Å². The zero-order valence-electron chi connectivity index (χ0n) is 29.8. The average molecular weight is 769 g/mol. The molecule has 1 saturated heterocycles. The lowest BCUT2D eigenvalue weighted by Crippen LogP contribution is -2.60. The van der Waals surface area contributed by atoms with E-state index < -0.39 is 129 Å². The van der Waals surface area contributed by atoms with Crippen molar-refractivity contribution in [1.82, 2.24) is 57.8 Å². The molecule has 22 nitrogen and oxygen atoms in total. The van der Waals surface area contributed by atoms with Crippen molar-refractivity contribution in [1.29, 1.82) is 0 Å². The van der Waals surface area contributed by atoms with Crippen LogP contribution in [-0.4, -0.2) is 126 Å². The third kappa shape index (κ3) is 15.7. The van der Waals surface area contributed by atoms with Gasteiger partial charge in [0.05, 0.1) is 26.0 Å². The molecule has 296 valence electrons. The fourth-order valence-electron chi connectivity index (χ4n) is 4.97. The van der Waals surface area contributed by atoms with Gasteiger partial charge in [-0.1, -0.05) is 30.3 Å². The van der Waals surface area contributed by atoms with E-state index in [1.165, 1.54) is 19.4 Å². The first-order chi connectivity index (χ1) is 26.2. The SMILES string of the molecule is CC(=O)NCC(=O)N[C@H]1CNC(=O)CCC(=O)NC[C@@H](C(=O)NCC(N)=O)NC(=O)CNC(=O)[C@@H](Cc2ccccc2)NC(=O)[C@H](Cc2cnc[nH]2)NC1=O. The van der Waals surface area contributed by atoms with Gasteiger partial charge >= 0.3 is 0 Å². The van der Waals surface area contributed by atoms with Crippen molar-refractivity contribution in [3.63, 3.8) is 0 Å². The van der Waals surface area contributed by atoms with Crippen molar-refractivity contribution >= 4 is 59.1 Å². The number of benzene rings is 1. The Kier molecular flexibility index (Phi) is 16.7. The van der Waals surface area contributed by atoms with Crippen molar-refractivity contribution in [3.8, 4) is 0 Å². The second-order valence-corrected chi connectivity index (χ2v) is 12.3. The Hall–Kier alpha value is -6.87. The molecule has 1 aliphatic heterocycles. The second kappa shape index (κ2) is 21.6. The zero-order chi connectivity index (χ0) is 40.3. The minimum Gasteiger partial charge on any atom is -0.368 e. The Bertz CT molecular complexity index is 1720. The fourth-order valence-corrected chi connectivity index (χ4v) is 4.97. The van der Waals surface area contributed by atoms with Gasteiger partial charge < -0.3 is 58.6 Å². The van der Waals surface area contributed by atoms with Gasteiger partial charge in [-0.05, 0) is 5.56 Å². The van der Waals surface area contributed by atoms with Crippen molar-refractivity contribution in [2.24, 2.45) is 5.73 Å². The number of hydrogen-bond acceptors (Lipinski definition) is 11. The summed E-state index contributed by atoms with van der Waals surface area (Å²) in [4.78, 5) is 134. The average Bonchev–Trinajstić information content (AvgIpc) is 3.67. The molecule has 2 aromatic rings. The van der Waals surface area contributed by atoms with Crippen molar-refractivity contribution < 1.29 is 47.9 Å². The lowest BCUT2D eigenvalue weighted by Gasteiger charge is -2.25. The maximum atomic E-state index is 13.9. The highest BCUT2D eigenvalue weighted by atomic mass is 16.2. The number of aromatic amines is 1. The molecule has 55 heavy (non-hydrogen) atoms. The lowest BCUT2D eigenvalue weighted by atomic mass is 10.0. The molecular formula is C33H44N12O10. The van der Waals surface area contributed by atoms with Gasteiger partial charge in [-0.25, -0.2) is 4.98 Å². The highest BCUT2D eigenvalue weighted by Gasteiger charge is 2.31. The molecule has 3 rings (SSSR count). The number of H-pyrrole nitrogens is 1. The van der Waals surface area contributed by atoms with Gasteiger partial charge in [0.15, 0.2) is 0 Å². The molecular weight excluding hydrogens is 724 g/mol. The first kappa shape index (κ1) is 42.5. The van der Waals surface area contributed by atoms with E-state index in [1.807, 2.05) is 0 Å². The predicted molar refractivity (Wildman–Crippen MR) is 189 cm³/mol. The topological polar surface area (TPSA) is 334 Å². The molecule has 12 N–H and O–H groups in total. The highest BCUT2D eigenvalue weighted by molar-refractivity contribution is 5.97. The molecule has 1 fully saturated rings. The summed E-state index contributed by atoms with van der Waals surface area (Å²) in [7, 11) is 0. The largest absolute Gasteiger partial charge is 0.368 e. The molecule has 0 unspecified atom stereocenters. The number of amides is 10. The van der Waals surface area contributed by atoms with Crippen molar-refractivity contribution in [2.45, 2.75) is 56.8 Å². The normalized spacial score (nSPS) is 20.7.